The lowest BCUT2D eigenvalue weighted by molar-refractivity contribution is 0.0563. The minimum absolute atomic E-state index is 0.0189. The van der Waals surface area contributed by atoms with Crippen LogP contribution in [0.4, 0.5) is 4.39 Å². The monoisotopic (exact) mass is 134 g/mol. The normalized spacial score (nSPS) is 35.3. The molecule has 2 nitrogen and oxygen atoms in total. The van der Waals surface area contributed by atoms with Gasteiger partial charge < -0.3 is 9.84 Å². The van der Waals surface area contributed by atoms with Gasteiger partial charge in [0.05, 0.1) is 6.10 Å². The van der Waals surface area contributed by atoms with Gasteiger partial charge in [-0.1, -0.05) is 0 Å². The third-order valence-electron chi connectivity index (χ3n) is 1.54. The van der Waals surface area contributed by atoms with Crippen LogP contribution in [0.3, 0.4) is 0 Å². The average Bonchev–Trinajstić information content (AvgIpc) is 2.18. The lowest BCUT2D eigenvalue weighted by Gasteiger charge is -2.08. The van der Waals surface area contributed by atoms with E-state index in [4.69, 9.17) is 9.84 Å². The van der Waals surface area contributed by atoms with Gasteiger partial charge in [0.2, 0.25) is 0 Å². The van der Waals surface area contributed by atoms with E-state index in [9.17, 15) is 4.39 Å². The van der Waals surface area contributed by atoms with Crippen LogP contribution in [0.2, 0.25) is 0 Å². The lowest BCUT2D eigenvalue weighted by atomic mass is 10.1. The molecule has 1 unspecified atom stereocenters. The van der Waals surface area contributed by atoms with E-state index >= 15 is 0 Å². The summed E-state index contributed by atoms with van der Waals surface area (Å²) >= 11 is 0. The predicted molar refractivity (Wildman–Crippen MR) is 31.0 cm³/mol. The molecule has 0 aliphatic carbocycles. The van der Waals surface area contributed by atoms with Crippen molar-refractivity contribution < 1.29 is 14.2 Å². The highest BCUT2D eigenvalue weighted by molar-refractivity contribution is 4.74. The third kappa shape index (κ3) is 1.63. The fourth-order valence-corrected chi connectivity index (χ4v) is 1.01. The van der Waals surface area contributed by atoms with Gasteiger partial charge in [-0.05, 0) is 6.42 Å². The molecule has 0 saturated carbocycles. The highest BCUT2D eigenvalue weighted by atomic mass is 19.1. The van der Waals surface area contributed by atoms with E-state index in [-0.39, 0.29) is 12.7 Å². The van der Waals surface area contributed by atoms with Crippen LogP contribution in [0.1, 0.15) is 12.8 Å². The van der Waals surface area contributed by atoms with Crippen LogP contribution < -0.4 is 0 Å². The van der Waals surface area contributed by atoms with E-state index in [1.807, 2.05) is 0 Å². The van der Waals surface area contributed by atoms with Crippen molar-refractivity contribution >= 4 is 0 Å². The van der Waals surface area contributed by atoms with Crippen molar-refractivity contribution in [2.75, 3.05) is 13.2 Å². The van der Waals surface area contributed by atoms with Crippen LogP contribution in [0, 0.1) is 0 Å². The molecule has 0 bridgehead atoms. The van der Waals surface area contributed by atoms with E-state index in [1.165, 1.54) is 0 Å². The maximum absolute atomic E-state index is 12.5. The molecule has 9 heavy (non-hydrogen) atoms. The van der Waals surface area contributed by atoms with Gasteiger partial charge >= 0.3 is 0 Å². The molecule has 0 radical (unpaired) electrons. The number of hydrogen-bond acceptors (Lipinski definition) is 2. The first-order chi connectivity index (χ1) is 4.34. The first kappa shape index (κ1) is 6.96. The van der Waals surface area contributed by atoms with E-state index in [0.717, 1.165) is 0 Å². The van der Waals surface area contributed by atoms with Gasteiger partial charge in [0.25, 0.3) is 0 Å². The van der Waals surface area contributed by atoms with Crippen molar-refractivity contribution in [2.24, 2.45) is 0 Å². The second-order valence-corrected chi connectivity index (χ2v) is 2.23. The van der Waals surface area contributed by atoms with E-state index in [2.05, 4.69) is 0 Å². The number of rotatable bonds is 2. The summed E-state index contributed by atoms with van der Waals surface area (Å²) in [5, 5.41) is 8.40. The van der Waals surface area contributed by atoms with Gasteiger partial charge in [-0.25, -0.2) is 4.39 Å². The Morgan fingerprint density at radius 3 is 2.89 bits per heavy atom. The molecular weight excluding hydrogens is 123 g/mol. The van der Waals surface area contributed by atoms with Gasteiger partial charge in [-0.2, -0.15) is 0 Å². The number of halogens is 1. The molecule has 54 valence electrons. The Balaban J connectivity index is 2.22. The number of ether oxygens (including phenoxy) is 1. The summed E-state index contributed by atoms with van der Waals surface area (Å²) in [6, 6.07) is 0. The molecule has 1 rings (SSSR count). The van der Waals surface area contributed by atoms with Crippen LogP contribution >= 0.6 is 0 Å². The minimum Gasteiger partial charge on any atom is -0.396 e. The summed E-state index contributed by atoms with van der Waals surface area (Å²) < 4.78 is 17.5. The summed E-state index contributed by atoms with van der Waals surface area (Å²) in [6.07, 6.45) is -0.265. The van der Waals surface area contributed by atoms with Crippen LogP contribution in [0.15, 0.2) is 0 Å². The summed E-state index contributed by atoms with van der Waals surface area (Å²) in [6.45, 7) is 0.525. The Labute approximate surface area is 53.6 Å². The number of aliphatic hydroxyl groups excluding tert-OH is 1. The van der Waals surface area contributed by atoms with Gasteiger partial charge in [-0.3, -0.25) is 0 Å². The lowest BCUT2D eigenvalue weighted by Crippen LogP contribution is -2.17. The smallest absolute Gasteiger partial charge is 0.128 e. The van der Waals surface area contributed by atoms with Gasteiger partial charge in [-0.15, -0.1) is 0 Å². The van der Waals surface area contributed by atoms with Crippen molar-refractivity contribution in [3.05, 3.63) is 0 Å². The first-order valence-electron chi connectivity index (χ1n) is 3.21. The second-order valence-electron chi connectivity index (χ2n) is 2.23. The Morgan fingerprint density at radius 1 is 1.67 bits per heavy atom. The number of aliphatic hydroxyl groups is 1. The summed E-state index contributed by atoms with van der Waals surface area (Å²) in [4.78, 5) is 0. The number of hydrogen-bond donors (Lipinski definition) is 1. The Bertz CT molecular complexity index is 87.1. The molecule has 0 amide bonds. The van der Waals surface area contributed by atoms with E-state index in [0.29, 0.717) is 19.4 Å². The molecule has 1 N–H and O–H groups in total. The van der Waals surface area contributed by atoms with E-state index in [1.54, 1.807) is 0 Å². The third-order valence-corrected chi connectivity index (χ3v) is 1.54. The summed E-state index contributed by atoms with van der Waals surface area (Å²) in [5.41, 5.74) is 0. The molecule has 1 fully saturated rings. The Hall–Kier alpha value is -0.150. The molecule has 0 spiro atoms. The van der Waals surface area contributed by atoms with Crippen LogP contribution in [0.5, 0.6) is 0 Å². The standard InChI is InChI=1S/C6H11FO2/c7-5-2-4-9-6(5)1-3-8/h5-6,8H,1-4H2/t5-,6?/m1/s1. The Morgan fingerprint density at radius 2 is 2.44 bits per heavy atom. The molecule has 1 heterocycles. The van der Waals surface area contributed by atoms with Crippen molar-refractivity contribution in [1.82, 2.24) is 0 Å². The summed E-state index contributed by atoms with van der Waals surface area (Å²) in [5.74, 6) is 0. The molecule has 1 aliphatic heterocycles. The van der Waals surface area contributed by atoms with Crippen molar-refractivity contribution in [1.29, 1.82) is 0 Å². The molecule has 3 heteroatoms. The van der Waals surface area contributed by atoms with E-state index < -0.39 is 6.17 Å². The fourth-order valence-electron chi connectivity index (χ4n) is 1.01. The molecule has 1 saturated heterocycles. The molecule has 0 aromatic rings. The molecule has 2 atom stereocenters. The Kier molecular flexibility index (Phi) is 2.42. The van der Waals surface area contributed by atoms with Gasteiger partial charge in [0.1, 0.15) is 6.17 Å². The molecule has 0 aromatic heterocycles. The molecule has 0 aromatic carbocycles. The zero-order valence-electron chi connectivity index (χ0n) is 5.22. The first-order valence-corrected chi connectivity index (χ1v) is 3.21. The largest absolute Gasteiger partial charge is 0.396 e. The predicted octanol–water partition coefficient (Wildman–Crippen LogP) is 0.496. The van der Waals surface area contributed by atoms with Crippen molar-refractivity contribution in [2.45, 2.75) is 25.1 Å². The zero-order chi connectivity index (χ0) is 6.69. The highest BCUT2D eigenvalue weighted by Crippen LogP contribution is 2.18. The second kappa shape index (κ2) is 3.13. The van der Waals surface area contributed by atoms with Crippen LogP contribution in [-0.2, 0) is 4.74 Å². The quantitative estimate of drug-likeness (QED) is 0.595. The molecule has 1 aliphatic rings. The topological polar surface area (TPSA) is 29.5 Å². The fraction of sp³-hybridized carbons (Fsp3) is 1.00. The van der Waals surface area contributed by atoms with Crippen molar-refractivity contribution in [3.8, 4) is 0 Å². The van der Waals surface area contributed by atoms with Gasteiger partial charge in [0, 0.05) is 19.6 Å². The average molecular weight is 134 g/mol. The SMILES string of the molecule is OCCC1OCC[C@H]1F. The van der Waals surface area contributed by atoms with Crippen LogP contribution in [-0.4, -0.2) is 30.6 Å². The highest BCUT2D eigenvalue weighted by Gasteiger charge is 2.26. The van der Waals surface area contributed by atoms with Crippen LogP contribution in [0.25, 0.3) is 0 Å². The minimum atomic E-state index is -0.850. The maximum Gasteiger partial charge on any atom is 0.128 e. The summed E-state index contributed by atoms with van der Waals surface area (Å²) in [7, 11) is 0. The molecular formula is C6H11FO2. The van der Waals surface area contributed by atoms with Crippen molar-refractivity contribution in [3.63, 3.8) is 0 Å². The maximum atomic E-state index is 12.5. The van der Waals surface area contributed by atoms with Gasteiger partial charge in [0.15, 0.2) is 0 Å². The number of alkyl halides is 1. The zero-order valence-corrected chi connectivity index (χ0v) is 5.22.